The van der Waals surface area contributed by atoms with Gasteiger partial charge in [-0.2, -0.15) is 0 Å². The lowest BCUT2D eigenvalue weighted by Gasteiger charge is -2.06. The molecule has 0 unspecified atom stereocenters. The van der Waals surface area contributed by atoms with Gasteiger partial charge >= 0.3 is 11.9 Å². The van der Waals surface area contributed by atoms with Crippen molar-refractivity contribution >= 4 is 11.9 Å². The number of ether oxygens (including phenoxy) is 2. The van der Waals surface area contributed by atoms with Crippen molar-refractivity contribution in [1.29, 1.82) is 0 Å². The molecule has 0 aliphatic heterocycles. The molecule has 0 radical (unpaired) electrons. The van der Waals surface area contributed by atoms with E-state index in [0.717, 1.165) is 11.1 Å². The van der Waals surface area contributed by atoms with Crippen LogP contribution in [-0.4, -0.2) is 48.6 Å². The molecule has 0 saturated heterocycles. The van der Waals surface area contributed by atoms with Crippen molar-refractivity contribution in [3.8, 4) is 11.1 Å². The zero-order valence-electron chi connectivity index (χ0n) is 13.0. The number of hydrogen-bond donors (Lipinski definition) is 2. The number of carbonyl (C=O) groups excluding carboxylic acids is 2. The van der Waals surface area contributed by atoms with Crippen LogP contribution in [0.4, 0.5) is 0 Å². The lowest BCUT2D eigenvalue weighted by molar-refractivity contribution is 0.0427. The number of carbonyl (C=O) groups is 2. The molecule has 0 heterocycles. The fourth-order valence-electron chi connectivity index (χ4n) is 2.04. The smallest absolute Gasteiger partial charge is 0.338 e. The lowest BCUT2D eigenvalue weighted by Crippen LogP contribution is -2.08. The third-order valence-corrected chi connectivity index (χ3v) is 3.22. The summed E-state index contributed by atoms with van der Waals surface area (Å²) in [6.07, 6.45) is 0. The van der Waals surface area contributed by atoms with Crippen molar-refractivity contribution in [2.24, 2.45) is 0 Å². The van der Waals surface area contributed by atoms with Crippen LogP contribution in [-0.2, 0) is 9.47 Å². The van der Waals surface area contributed by atoms with Gasteiger partial charge in [-0.15, -0.1) is 0 Å². The molecule has 2 rings (SSSR count). The van der Waals surface area contributed by atoms with E-state index in [-0.39, 0.29) is 26.4 Å². The first-order chi connectivity index (χ1) is 11.7. The maximum absolute atomic E-state index is 11.7. The Morgan fingerprint density at radius 1 is 0.667 bits per heavy atom. The highest BCUT2D eigenvalue weighted by atomic mass is 16.5. The van der Waals surface area contributed by atoms with E-state index >= 15 is 0 Å². The number of aliphatic hydroxyl groups excluding tert-OH is 2. The highest BCUT2D eigenvalue weighted by Crippen LogP contribution is 2.21. The van der Waals surface area contributed by atoms with E-state index in [1.807, 2.05) is 0 Å². The summed E-state index contributed by atoms with van der Waals surface area (Å²) in [4.78, 5) is 23.3. The van der Waals surface area contributed by atoms with Crippen molar-refractivity contribution in [3.63, 3.8) is 0 Å². The van der Waals surface area contributed by atoms with Crippen LogP contribution in [0.25, 0.3) is 11.1 Å². The second-order valence-corrected chi connectivity index (χ2v) is 4.87. The lowest BCUT2D eigenvalue weighted by atomic mass is 10.0. The number of hydrogen-bond acceptors (Lipinski definition) is 6. The SMILES string of the molecule is O=C(OCCO)c1ccc(-c2ccc(C(=O)OCCO)cc2)cc1. The van der Waals surface area contributed by atoms with Gasteiger partial charge in [-0.1, -0.05) is 24.3 Å². The Balaban J connectivity index is 2.06. The molecule has 0 saturated carbocycles. The summed E-state index contributed by atoms with van der Waals surface area (Å²) < 4.78 is 9.68. The van der Waals surface area contributed by atoms with Crippen LogP contribution in [0.2, 0.25) is 0 Å². The normalized spacial score (nSPS) is 10.2. The molecule has 6 nitrogen and oxygen atoms in total. The number of benzene rings is 2. The Bertz CT molecular complexity index is 614. The van der Waals surface area contributed by atoms with Gasteiger partial charge in [0.25, 0.3) is 0 Å². The Labute approximate surface area is 139 Å². The van der Waals surface area contributed by atoms with Crippen LogP contribution in [0.5, 0.6) is 0 Å². The van der Waals surface area contributed by atoms with Gasteiger partial charge in [0.2, 0.25) is 0 Å². The van der Waals surface area contributed by atoms with E-state index < -0.39 is 11.9 Å². The van der Waals surface area contributed by atoms with E-state index in [4.69, 9.17) is 19.7 Å². The summed E-state index contributed by atoms with van der Waals surface area (Å²) in [7, 11) is 0. The fraction of sp³-hybridized carbons (Fsp3) is 0.222. The molecular formula is C18H18O6. The van der Waals surface area contributed by atoms with Gasteiger partial charge in [0.05, 0.1) is 24.3 Å². The van der Waals surface area contributed by atoms with Crippen molar-refractivity contribution < 1.29 is 29.3 Å². The molecule has 0 aliphatic rings. The minimum absolute atomic E-state index is 0.0333. The van der Waals surface area contributed by atoms with Crippen LogP contribution in [0.15, 0.2) is 48.5 Å². The van der Waals surface area contributed by atoms with Gasteiger partial charge in [0.1, 0.15) is 13.2 Å². The van der Waals surface area contributed by atoms with E-state index in [0.29, 0.717) is 11.1 Å². The molecule has 0 aromatic heterocycles. The second-order valence-electron chi connectivity index (χ2n) is 4.87. The van der Waals surface area contributed by atoms with Gasteiger partial charge in [-0.05, 0) is 35.4 Å². The van der Waals surface area contributed by atoms with Crippen LogP contribution < -0.4 is 0 Å². The second kappa shape index (κ2) is 8.81. The van der Waals surface area contributed by atoms with Gasteiger partial charge < -0.3 is 19.7 Å². The number of esters is 2. The first kappa shape index (κ1) is 17.7. The third kappa shape index (κ3) is 4.65. The van der Waals surface area contributed by atoms with E-state index in [1.165, 1.54) is 0 Å². The van der Waals surface area contributed by atoms with Gasteiger partial charge in [-0.25, -0.2) is 9.59 Å². The van der Waals surface area contributed by atoms with Gasteiger partial charge in [0, 0.05) is 0 Å². The number of rotatable bonds is 7. The molecule has 2 N–H and O–H groups in total. The van der Waals surface area contributed by atoms with Gasteiger partial charge in [0.15, 0.2) is 0 Å². The Hall–Kier alpha value is -2.70. The molecule has 0 atom stereocenters. The predicted molar refractivity (Wildman–Crippen MR) is 86.6 cm³/mol. The average Bonchev–Trinajstić information content (AvgIpc) is 2.64. The molecule has 0 spiro atoms. The zero-order chi connectivity index (χ0) is 17.4. The van der Waals surface area contributed by atoms with E-state index in [2.05, 4.69) is 0 Å². The summed E-state index contributed by atoms with van der Waals surface area (Å²) in [5.74, 6) is -0.977. The van der Waals surface area contributed by atoms with Crippen LogP contribution in [0.1, 0.15) is 20.7 Å². The molecule has 0 aliphatic carbocycles. The topological polar surface area (TPSA) is 93.1 Å². The van der Waals surface area contributed by atoms with Crippen molar-refractivity contribution in [2.75, 3.05) is 26.4 Å². The molecule has 0 amide bonds. The standard InChI is InChI=1S/C18H18O6/c19-9-11-23-17(21)15-5-1-13(2-6-15)14-3-7-16(8-4-14)18(22)24-12-10-20/h1-8,19-20H,9-12H2. The Morgan fingerprint density at radius 3 is 1.29 bits per heavy atom. The number of aliphatic hydroxyl groups is 2. The molecular weight excluding hydrogens is 312 g/mol. The van der Waals surface area contributed by atoms with Crippen LogP contribution in [0, 0.1) is 0 Å². The minimum atomic E-state index is -0.488. The largest absolute Gasteiger partial charge is 0.460 e. The monoisotopic (exact) mass is 330 g/mol. The summed E-state index contributed by atoms with van der Waals surface area (Å²) >= 11 is 0. The van der Waals surface area contributed by atoms with Crippen molar-refractivity contribution in [2.45, 2.75) is 0 Å². The fourth-order valence-corrected chi connectivity index (χ4v) is 2.04. The Kier molecular flexibility index (Phi) is 6.48. The molecule has 24 heavy (non-hydrogen) atoms. The molecule has 126 valence electrons. The molecule has 2 aromatic rings. The van der Waals surface area contributed by atoms with Crippen molar-refractivity contribution in [1.82, 2.24) is 0 Å². The summed E-state index contributed by atoms with van der Waals surface area (Å²) in [5, 5.41) is 17.3. The third-order valence-electron chi connectivity index (χ3n) is 3.22. The van der Waals surface area contributed by atoms with Crippen LogP contribution in [0.3, 0.4) is 0 Å². The highest BCUT2D eigenvalue weighted by Gasteiger charge is 2.09. The minimum Gasteiger partial charge on any atom is -0.460 e. The van der Waals surface area contributed by atoms with E-state index in [1.54, 1.807) is 48.5 Å². The maximum atomic E-state index is 11.7. The summed E-state index contributed by atoms with van der Waals surface area (Å²) in [5.41, 5.74) is 2.56. The predicted octanol–water partition coefficient (Wildman–Crippen LogP) is 1.65. The summed E-state index contributed by atoms with van der Waals surface area (Å²) in [6.45, 7) is -0.489. The highest BCUT2D eigenvalue weighted by molar-refractivity contribution is 5.91. The van der Waals surface area contributed by atoms with Crippen molar-refractivity contribution in [3.05, 3.63) is 59.7 Å². The summed E-state index contributed by atoms with van der Waals surface area (Å²) in [6, 6.07) is 13.6. The first-order valence-corrected chi connectivity index (χ1v) is 7.42. The maximum Gasteiger partial charge on any atom is 0.338 e. The molecule has 6 heteroatoms. The zero-order valence-corrected chi connectivity index (χ0v) is 13.0. The molecule has 2 aromatic carbocycles. The van der Waals surface area contributed by atoms with E-state index in [9.17, 15) is 9.59 Å². The van der Waals surface area contributed by atoms with Crippen LogP contribution >= 0.6 is 0 Å². The quantitative estimate of drug-likeness (QED) is 0.750. The molecule has 0 fully saturated rings. The van der Waals surface area contributed by atoms with Gasteiger partial charge in [-0.3, -0.25) is 0 Å². The Morgan fingerprint density at radius 2 is 1.00 bits per heavy atom. The first-order valence-electron chi connectivity index (χ1n) is 7.42. The molecule has 0 bridgehead atoms. The average molecular weight is 330 g/mol.